The highest BCUT2D eigenvalue weighted by atomic mass is 16.3. The minimum Gasteiger partial charge on any atom is -0.392 e. The predicted molar refractivity (Wildman–Crippen MR) is 81.2 cm³/mol. The number of aliphatic hydroxyl groups excluding tert-OH is 1. The van der Waals surface area contributed by atoms with E-state index in [1.807, 2.05) is 29.1 Å². The molecule has 2 aromatic rings. The predicted octanol–water partition coefficient (Wildman–Crippen LogP) is 1.28. The molecule has 112 valence electrons. The highest BCUT2D eigenvalue weighted by molar-refractivity contribution is 5.97. The van der Waals surface area contributed by atoms with Crippen LogP contribution in [-0.2, 0) is 4.79 Å². The number of nitrogens with zero attached hydrogens (tertiary/aromatic N) is 2. The molecule has 1 aliphatic heterocycles. The van der Waals surface area contributed by atoms with Crippen molar-refractivity contribution in [3.63, 3.8) is 0 Å². The fraction of sp³-hybridized carbons (Fsp3) is 0.467. The summed E-state index contributed by atoms with van der Waals surface area (Å²) in [5.74, 6) is -0.110. The van der Waals surface area contributed by atoms with E-state index in [0.29, 0.717) is 13.0 Å². The summed E-state index contributed by atoms with van der Waals surface area (Å²) in [4.78, 5) is 12.1. The van der Waals surface area contributed by atoms with Gasteiger partial charge in [0.15, 0.2) is 0 Å². The monoisotopic (exact) mass is 288 g/mol. The van der Waals surface area contributed by atoms with Gasteiger partial charge >= 0.3 is 0 Å². The average Bonchev–Trinajstić information content (AvgIpc) is 3.04. The van der Waals surface area contributed by atoms with Crippen LogP contribution in [0.15, 0.2) is 24.4 Å². The topological polar surface area (TPSA) is 79.2 Å². The van der Waals surface area contributed by atoms with Crippen LogP contribution in [-0.4, -0.2) is 39.5 Å². The number of carbonyl (C=O) groups excluding carboxylic acids is 1. The van der Waals surface area contributed by atoms with Gasteiger partial charge in [-0.05, 0) is 38.5 Å². The van der Waals surface area contributed by atoms with Crippen LogP contribution in [0.3, 0.4) is 0 Å². The Balaban J connectivity index is 1.81. The molecule has 0 spiro atoms. The van der Waals surface area contributed by atoms with E-state index in [4.69, 9.17) is 0 Å². The molecule has 6 nitrogen and oxygen atoms in total. The molecule has 0 saturated carbocycles. The van der Waals surface area contributed by atoms with Crippen LogP contribution in [0, 0.1) is 0 Å². The molecule has 2 atom stereocenters. The van der Waals surface area contributed by atoms with Crippen LogP contribution < -0.4 is 10.6 Å². The van der Waals surface area contributed by atoms with Gasteiger partial charge in [-0.1, -0.05) is 0 Å². The Labute approximate surface area is 123 Å². The van der Waals surface area contributed by atoms with Crippen molar-refractivity contribution in [2.45, 2.75) is 38.5 Å². The van der Waals surface area contributed by atoms with Gasteiger partial charge in [0.05, 0.1) is 23.9 Å². The minimum absolute atomic E-state index is 0.110. The van der Waals surface area contributed by atoms with E-state index in [-0.39, 0.29) is 18.0 Å². The second-order valence-corrected chi connectivity index (χ2v) is 5.80. The van der Waals surface area contributed by atoms with Gasteiger partial charge in [-0.15, -0.1) is 0 Å². The second-order valence-electron chi connectivity index (χ2n) is 5.80. The number of carbonyl (C=O) groups is 1. The van der Waals surface area contributed by atoms with Gasteiger partial charge in [0.1, 0.15) is 0 Å². The number of aromatic nitrogens is 2. The number of anilines is 1. The van der Waals surface area contributed by atoms with Gasteiger partial charge in [0, 0.05) is 23.7 Å². The standard InChI is InChI=1S/C15H20N4O2/c1-9(2)19-14-5-11(4-3-10(14)7-17-19)18-15(21)13-6-12(20)8-16-13/h3-5,7,9,12-13,16,20H,6,8H2,1-2H3,(H,18,21). The van der Waals surface area contributed by atoms with Crippen LogP contribution >= 0.6 is 0 Å². The zero-order chi connectivity index (χ0) is 15.0. The molecule has 1 aliphatic rings. The van der Waals surface area contributed by atoms with Crippen molar-refractivity contribution < 1.29 is 9.90 Å². The molecule has 0 bridgehead atoms. The van der Waals surface area contributed by atoms with Crippen LogP contribution in [0.1, 0.15) is 26.3 Å². The molecule has 21 heavy (non-hydrogen) atoms. The lowest BCUT2D eigenvalue weighted by Crippen LogP contribution is -2.35. The van der Waals surface area contributed by atoms with Crippen molar-refractivity contribution >= 4 is 22.5 Å². The molecule has 1 saturated heterocycles. The third-order valence-corrected chi connectivity index (χ3v) is 3.78. The molecule has 6 heteroatoms. The Morgan fingerprint density at radius 2 is 2.33 bits per heavy atom. The molecule has 1 amide bonds. The van der Waals surface area contributed by atoms with Crippen LogP contribution in [0.2, 0.25) is 0 Å². The molecule has 0 radical (unpaired) electrons. The summed E-state index contributed by atoms with van der Waals surface area (Å²) in [7, 11) is 0. The van der Waals surface area contributed by atoms with Crippen molar-refractivity contribution in [2.75, 3.05) is 11.9 Å². The Hall–Kier alpha value is -1.92. The average molecular weight is 288 g/mol. The van der Waals surface area contributed by atoms with E-state index in [1.165, 1.54) is 0 Å². The molecule has 1 aromatic heterocycles. The van der Waals surface area contributed by atoms with E-state index in [0.717, 1.165) is 16.6 Å². The van der Waals surface area contributed by atoms with Gasteiger partial charge in [0.2, 0.25) is 5.91 Å². The summed E-state index contributed by atoms with van der Waals surface area (Å²) in [6.45, 7) is 4.61. The fourth-order valence-electron chi connectivity index (χ4n) is 2.67. The number of benzene rings is 1. The quantitative estimate of drug-likeness (QED) is 0.795. The maximum atomic E-state index is 12.1. The highest BCUT2D eigenvalue weighted by Gasteiger charge is 2.28. The lowest BCUT2D eigenvalue weighted by atomic mass is 10.2. The number of aliphatic hydroxyl groups is 1. The first-order valence-electron chi connectivity index (χ1n) is 7.24. The first kappa shape index (κ1) is 14.0. The summed E-state index contributed by atoms with van der Waals surface area (Å²) >= 11 is 0. The van der Waals surface area contributed by atoms with Crippen LogP contribution in [0.4, 0.5) is 5.69 Å². The summed E-state index contributed by atoms with van der Waals surface area (Å²) < 4.78 is 1.93. The van der Waals surface area contributed by atoms with E-state index in [2.05, 4.69) is 29.6 Å². The van der Waals surface area contributed by atoms with Gasteiger partial charge < -0.3 is 15.7 Å². The van der Waals surface area contributed by atoms with Crippen molar-refractivity contribution in [1.29, 1.82) is 0 Å². The third kappa shape index (κ3) is 2.77. The van der Waals surface area contributed by atoms with Crippen molar-refractivity contribution in [3.05, 3.63) is 24.4 Å². The Bertz CT molecular complexity index is 665. The summed E-state index contributed by atoms with van der Waals surface area (Å²) in [6, 6.07) is 5.70. The highest BCUT2D eigenvalue weighted by Crippen LogP contribution is 2.22. The van der Waals surface area contributed by atoms with E-state index in [1.54, 1.807) is 0 Å². The summed E-state index contributed by atoms with van der Waals surface area (Å²) in [5, 5.41) is 20.8. The third-order valence-electron chi connectivity index (χ3n) is 3.78. The van der Waals surface area contributed by atoms with Gasteiger partial charge in [0.25, 0.3) is 0 Å². The molecule has 2 unspecified atom stereocenters. The van der Waals surface area contributed by atoms with Gasteiger partial charge in [-0.3, -0.25) is 9.48 Å². The number of nitrogens with one attached hydrogen (secondary N) is 2. The first-order valence-corrected chi connectivity index (χ1v) is 7.24. The lowest BCUT2D eigenvalue weighted by Gasteiger charge is -2.12. The van der Waals surface area contributed by atoms with Crippen molar-refractivity contribution in [3.8, 4) is 0 Å². The number of rotatable bonds is 3. The van der Waals surface area contributed by atoms with E-state index >= 15 is 0 Å². The zero-order valence-corrected chi connectivity index (χ0v) is 12.2. The van der Waals surface area contributed by atoms with E-state index < -0.39 is 6.10 Å². The largest absolute Gasteiger partial charge is 0.392 e. The van der Waals surface area contributed by atoms with Gasteiger partial charge in [-0.25, -0.2) is 0 Å². The molecular formula is C15H20N4O2. The minimum atomic E-state index is -0.439. The molecule has 0 aliphatic carbocycles. The smallest absolute Gasteiger partial charge is 0.241 e. The Morgan fingerprint density at radius 3 is 3.00 bits per heavy atom. The number of amides is 1. The number of hydrogen-bond donors (Lipinski definition) is 3. The maximum absolute atomic E-state index is 12.1. The van der Waals surface area contributed by atoms with Crippen molar-refractivity contribution in [2.24, 2.45) is 0 Å². The number of hydrogen-bond acceptors (Lipinski definition) is 4. The zero-order valence-electron chi connectivity index (χ0n) is 12.2. The summed E-state index contributed by atoms with van der Waals surface area (Å²) in [6.07, 6.45) is 1.85. The van der Waals surface area contributed by atoms with Crippen LogP contribution in [0.5, 0.6) is 0 Å². The Morgan fingerprint density at radius 1 is 1.52 bits per heavy atom. The maximum Gasteiger partial charge on any atom is 0.241 e. The molecule has 3 rings (SSSR count). The molecule has 1 aromatic carbocycles. The summed E-state index contributed by atoms with van der Waals surface area (Å²) in [5.41, 5.74) is 1.75. The molecule has 1 fully saturated rings. The molecular weight excluding hydrogens is 268 g/mol. The number of β-amino-alcohol motifs (C(OH)–C–C–N with tert-alkyl or cyclic N) is 1. The first-order chi connectivity index (χ1) is 10.0. The normalized spacial score (nSPS) is 22.1. The fourth-order valence-corrected chi connectivity index (χ4v) is 2.67. The van der Waals surface area contributed by atoms with E-state index in [9.17, 15) is 9.90 Å². The molecule has 3 N–H and O–H groups in total. The van der Waals surface area contributed by atoms with Crippen molar-refractivity contribution in [1.82, 2.24) is 15.1 Å². The van der Waals surface area contributed by atoms with Gasteiger partial charge in [-0.2, -0.15) is 5.10 Å². The Kier molecular flexibility index (Phi) is 3.65. The second kappa shape index (κ2) is 5.46. The van der Waals surface area contributed by atoms with Crippen LogP contribution in [0.25, 0.3) is 10.9 Å². The number of fused-ring (bicyclic) bond motifs is 1. The SMILES string of the molecule is CC(C)n1ncc2ccc(NC(=O)C3CC(O)CN3)cc21. The molecule has 2 heterocycles. The lowest BCUT2D eigenvalue weighted by molar-refractivity contribution is -0.117.